The Morgan fingerprint density at radius 3 is 2.89 bits per heavy atom. The fraction of sp³-hybridized carbons (Fsp3) is 0. The Kier molecular flexibility index (Phi) is 3.43. The van der Waals surface area contributed by atoms with E-state index in [0.29, 0.717) is 0 Å². The van der Waals surface area contributed by atoms with Crippen LogP contribution in [0, 0.1) is 5.82 Å². The summed E-state index contributed by atoms with van der Waals surface area (Å²) >= 11 is 5.59. The summed E-state index contributed by atoms with van der Waals surface area (Å²) in [4.78, 5) is 15.4. The minimum Gasteiger partial charge on any atom is -0.506 e. The molecule has 18 heavy (non-hydrogen) atoms. The van der Waals surface area contributed by atoms with E-state index in [1.54, 1.807) is 0 Å². The van der Waals surface area contributed by atoms with E-state index < -0.39 is 11.7 Å². The van der Waals surface area contributed by atoms with Crippen molar-refractivity contribution >= 4 is 23.2 Å². The zero-order chi connectivity index (χ0) is 13.1. The van der Waals surface area contributed by atoms with Gasteiger partial charge in [-0.3, -0.25) is 9.78 Å². The van der Waals surface area contributed by atoms with Crippen molar-refractivity contribution in [2.75, 3.05) is 5.32 Å². The van der Waals surface area contributed by atoms with Crippen LogP contribution in [0.3, 0.4) is 0 Å². The van der Waals surface area contributed by atoms with E-state index in [0.717, 1.165) is 0 Å². The van der Waals surface area contributed by atoms with Crippen molar-refractivity contribution < 1.29 is 14.3 Å². The quantitative estimate of drug-likeness (QED) is 0.879. The predicted molar refractivity (Wildman–Crippen MR) is 65.3 cm³/mol. The van der Waals surface area contributed by atoms with Crippen molar-refractivity contribution in [2.24, 2.45) is 0 Å². The molecular weight excluding hydrogens is 259 g/mol. The number of carbonyl (C=O) groups is 1. The molecule has 0 aliphatic heterocycles. The van der Waals surface area contributed by atoms with E-state index in [9.17, 15) is 14.3 Å². The molecule has 0 spiro atoms. The number of halogens is 2. The number of amides is 1. The number of aromatic hydroxyl groups is 1. The van der Waals surface area contributed by atoms with Crippen molar-refractivity contribution in [2.45, 2.75) is 0 Å². The van der Waals surface area contributed by atoms with Crippen LogP contribution in [-0.2, 0) is 0 Å². The lowest BCUT2D eigenvalue weighted by molar-refractivity contribution is 0.102. The Bertz CT molecular complexity index is 604. The van der Waals surface area contributed by atoms with E-state index in [-0.39, 0.29) is 22.0 Å². The highest BCUT2D eigenvalue weighted by molar-refractivity contribution is 6.31. The number of hydrogen-bond donors (Lipinski definition) is 2. The highest BCUT2D eigenvalue weighted by atomic mass is 35.5. The highest BCUT2D eigenvalue weighted by Crippen LogP contribution is 2.22. The van der Waals surface area contributed by atoms with E-state index in [4.69, 9.17) is 11.6 Å². The first kappa shape index (κ1) is 12.3. The molecule has 0 aliphatic rings. The molecule has 0 unspecified atom stereocenters. The molecule has 6 heteroatoms. The molecule has 1 amide bonds. The van der Waals surface area contributed by atoms with E-state index in [2.05, 4.69) is 10.3 Å². The second-order valence-corrected chi connectivity index (χ2v) is 3.89. The lowest BCUT2D eigenvalue weighted by Crippen LogP contribution is -2.13. The summed E-state index contributed by atoms with van der Waals surface area (Å²) in [5.74, 6) is -1.44. The maximum atomic E-state index is 13.5. The van der Waals surface area contributed by atoms with Gasteiger partial charge in [0.05, 0.1) is 22.5 Å². The number of benzene rings is 1. The van der Waals surface area contributed by atoms with Gasteiger partial charge in [0.1, 0.15) is 5.75 Å². The molecule has 0 fully saturated rings. The van der Waals surface area contributed by atoms with Crippen LogP contribution in [0.4, 0.5) is 10.1 Å². The predicted octanol–water partition coefficient (Wildman–Crippen LogP) is 2.83. The summed E-state index contributed by atoms with van der Waals surface area (Å²) in [6.45, 7) is 0. The van der Waals surface area contributed by atoms with Crippen molar-refractivity contribution in [3.05, 3.63) is 53.1 Å². The van der Waals surface area contributed by atoms with Gasteiger partial charge in [0.25, 0.3) is 5.91 Å². The topological polar surface area (TPSA) is 62.2 Å². The average Bonchev–Trinajstić information content (AvgIpc) is 2.35. The van der Waals surface area contributed by atoms with Crippen molar-refractivity contribution in [3.8, 4) is 5.75 Å². The fourth-order valence-corrected chi connectivity index (χ4v) is 1.52. The minimum absolute atomic E-state index is 0.0316. The molecular formula is C12H8ClFN2O2. The Morgan fingerprint density at radius 1 is 1.39 bits per heavy atom. The minimum atomic E-state index is -0.708. The van der Waals surface area contributed by atoms with E-state index in [1.165, 1.54) is 36.7 Å². The number of aromatic nitrogens is 1. The van der Waals surface area contributed by atoms with Gasteiger partial charge in [-0.1, -0.05) is 17.7 Å². The third kappa shape index (κ3) is 2.57. The second kappa shape index (κ2) is 5.01. The Balaban J connectivity index is 2.24. The number of anilines is 1. The summed E-state index contributed by atoms with van der Waals surface area (Å²) in [5.41, 5.74) is 0.0882. The van der Waals surface area contributed by atoms with Crippen LogP contribution in [0.1, 0.15) is 10.4 Å². The molecule has 2 N–H and O–H groups in total. The lowest BCUT2D eigenvalue weighted by atomic mass is 10.2. The van der Waals surface area contributed by atoms with Crippen LogP contribution in [-0.4, -0.2) is 16.0 Å². The number of pyridine rings is 1. The first-order chi connectivity index (χ1) is 8.58. The summed E-state index contributed by atoms with van der Waals surface area (Å²) in [5, 5.41) is 11.5. The smallest absolute Gasteiger partial charge is 0.257 e. The highest BCUT2D eigenvalue weighted by Gasteiger charge is 2.11. The monoisotopic (exact) mass is 266 g/mol. The molecule has 0 radical (unpaired) electrons. The average molecular weight is 267 g/mol. The molecule has 1 aromatic carbocycles. The standard InChI is InChI=1S/C12H8ClFN2O2/c13-9-2-1-3-10(11(9)14)16-12(18)7-4-8(17)6-15-5-7/h1-6,17H,(H,16,18). The molecule has 0 bridgehead atoms. The van der Waals surface area contributed by atoms with Crippen LogP contribution in [0.2, 0.25) is 5.02 Å². The van der Waals surface area contributed by atoms with Crippen molar-refractivity contribution in [3.63, 3.8) is 0 Å². The summed E-state index contributed by atoms with van der Waals surface area (Å²) in [6, 6.07) is 5.50. The molecule has 2 aromatic rings. The van der Waals surface area contributed by atoms with Gasteiger partial charge >= 0.3 is 0 Å². The normalized spacial score (nSPS) is 10.1. The van der Waals surface area contributed by atoms with Crippen molar-refractivity contribution in [1.29, 1.82) is 0 Å². The van der Waals surface area contributed by atoms with Crippen LogP contribution in [0.25, 0.3) is 0 Å². The second-order valence-electron chi connectivity index (χ2n) is 3.49. The SMILES string of the molecule is O=C(Nc1cccc(Cl)c1F)c1cncc(O)c1. The Labute approximate surface area is 107 Å². The van der Waals surface area contributed by atoms with Crippen LogP contribution in [0.15, 0.2) is 36.7 Å². The number of nitrogens with one attached hydrogen (secondary N) is 1. The molecule has 0 atom stereocenters. The van der Waals surface area contributed by atoms with Crippen LogP contribution in [0.5, 0.6) is 5.75 Å². The summed E-state index contributed by atoms with van der Waals surface area (Å²) < 4.78 is 13.5. The first-order valence-corrected chi connectivity index (χ1v) is 5.35. The van der Waals surface area contributed by atoms with Gasteiger partial charge in [-0.15, -0.1) is 0 Å². The summed E-state index contributed by atoms with van der Waals surface area (Å²) in [7, 11) is 0. The zero-order valence-corrected chi connectivity index (χ0v) is 9.78. The zero-order valence-electron chi connectivity index (χ0n) is 9.02. The van der Waals surface area contributed by atoms with E-state index in [1.807, 2.05) is 0 Å². The third-order valence-electron chi connectivity index (χ3n) is 2.19. The molecule has 2 rings (SSSR count). The van der Waals surface area contributed by atoms with Crippen LogP contribution < -0.4 is 5.32 Å². The summed E-state index contributed by atoms with van der Waals surface area (Å²) in [6.07, 6.45) is 2.45. The Hall–Kier alpha value is -2.14. The molecule has 0 saturated heterocycles. The molecule has 0 saturated carbocycles. The van der Waals surface area contributed by atoms with Gasteiger partial charge in [0, 0.05) is 6.20 Å². The first-order valence-electron chi connectivity index (χ1n) is 4.97. The molecule has 92 valence electrons. The lowest BCUT2D eigenvalue weighted by Gasteiger charge is -2.07. The third-order valence-corrected chi connectivity index (χ3v) is 2.48. The molecule has 1 aromatic heterocycles. The maximum Gasteiger partial charge on any atom is 0.257 e. The number of rotatable bonds is 2. The number of hydrogen-bond acceptors (Lipinski definition) is 3. The van der Waals surface area contributed by atoms with Gasteiger partial charge < -0.3 is 10.4 Å². The van der Waals surface area contributed by atoms with Gasteiger partial charge in [0.15, 0.2) is 5.82 Å². The van der Waals surface area contributed by atoms with E-state index >= 15 is 0 Å². The van der Waals surface area contributed by atoms with Gasteiger partial charge in [-0.25, -0.2) is 4.39 Å². The van der Waals surface area contributed by atoms with Crippen molar-refractivity contribution in [1.82, 2.24) is 4.98 Å². The molecule has 1 heterocycles. The molecule has 0 aliphatic carbocycles. The van der Waals surface area contributed by atoms with Gasteiger partial charge in [-0.05, 0) is 18.2 Å². The van der Waals surface area contributed by atoms with Gasteiger partial charge in [-0.2, -0.15) is 0 Å². The number of carbonyl (C=O) groups excluding carboxylic acids is 1. The Morgan fingerprint density at radius 2 is 2.17 bits per heavy atom. The maximum absolute atomic E-state index is 13.5. The van der Waals surface area contributed by atoms with Gasteiger partial charge in [0.2, 0.25) is 0 Å². The van der Waals surface area contributed by atoms with Crippen LogP contribution >= 0.6 is 11.6 Å². The fourth-order valence-electron chi connectivity index (χ4n) is 1.35. The largest absolute Gasteiger partial charge is 0.506 e. The number of nitrogens with zero attached hydrogens (tertiary/aromatic N) is 1. The molecule has 4 nitrogen and oxygen atoms in total.